The minimum absolute atomic E-state index is 0.248. The van der Waals surface area contributed by atoms with E-state index in [0.29, 0.717) is 23.4 Å². The zero-order valence-electron chi connectivity index (χ0n) is 15.9. The molecule has 0 unspecified atom stereocenters. The van der Waals surface area contributed by atoms with Gasteiger partial charge >= 0.3 is 5.97 Å². The Balaban J connectivity index is 1.71. The average molecular weight is 374 g/mol. The molecule has 5 nitrogen and oxygen atoms in total. The van der Waals surface area contributed by atoms with Crippen LogP contribution in [0.5, 0.6) is 0 Å². The Morgan fingerprint density at radius 1 is 0.964 bits per heavy atom. The van der Waals surface area contributed by atoms with Gasteiger partial charge in [-0.3, -0.25) is 9.78 Å². The predicted octanol–water partition coefficient (Wildman–Crippen LogP) is 4.74. The van der Waals surface area contributed by atoms with Crippen LogP contribution in [0.25, 0.3) is 11.3 Å². The maximum Gasteiger partial charge on any atom is 0.338 e. The van der Waals surface area contributed by atoms with E-state index in [9.17, 15) is 9.59 Å². The monoisotopic (exact) mass is 374 g/mol. The van der Waals surface area contributed by atoms with E-state index in [2.05, 4.69) is 23.3 Å². The van der Waals surface area contributed by atoms with E-state index in [0.717, 1.165) is 17.7 Å². The number of aryl methyl sites for hydroxylation is 1. The van der Waals surface area contributed by atoms with E-state index in [1.807, 2.05) is 24.4 Å². The summed E-state index contributed by atoms with van der Waals surface area (Å²) >= 11 is 0. The number of ether oxygens (including phenoxy) is 1. The van der Waals surface area contributed by atoms with E-state index in [4.69, 9.17) is 4.74 Å². The fourth-order valence-electron chi connectivity index (χ4n) is 2.74. The fourth-order valence-corrected chi connectivity index (χ4v) is 2.74. The third-order valence-electron chi connectivity index (χ3n) is 4.31. The lowest BCUT2D eigenvalue weighted by atomic mass is 10.1. The highest BCUT2D eigenvalue weighted by Gasteiger charge is 2.10. The van der Waals surface area contributed by atoms with Crippen LogP contribution in [-0.2, 0) is 11.2 Å². The number of amides is 1. The van der Waals surface area contributed by atoms with Crippen molar-refractivity contribution in [3.8, 4) is 11.3 Å². The Kier molecular flexibility index (Phi) is 6.17. The van der Waals surface area contributed by atoms with Crippen LogP contribution in [-0.4, -0.2) is 23.5 Å². The van der Waals surface area contributed by atoms with Gasteiger partial charge in [0.1, 0.15) is 0 Å². The third kappa shape index (κ3) is 4.62. The lowest BCUT2D eigenvalue weighted by Gasteiger charge is -2.08. The van der Waals surface area contributed by atoms with Gasteiger partial charge in [-0.1, -0.05) is 31.2 Å². The van der Waals surface area contributed by atoms with Crippen molar-refractivity contribution in [2.24, 2.45) is 0 Å². The zero-order valence-corrected chi connectivity index (χ0v) is 15.9. The molecule has 0 aliphatic heterocycles. The molecule has 142 valence electrons. The van der Waals surface area contributed by atoms with Crippen molar-refractivity contribution in [2.75, 3.05) is 11.9 Å². The van der Waals surface area contributed by atoms with E-state index in [-0.39, 0.29) is 5.91 Å². The van der Waals surface area contributed by atoms with Crippen LogP contribution in [0.2, 0.25) is 0 Å². The molecule has 0 aliphatic carbocycles. The smallest absolute Gasteiger partial charge is 0.338 e. The highest BCUT2D eigenvalue weighted by molar-refractivity contribution is 6.05. The van der Waals surface area contributed by atoms with Gasteiger partial charge in [0, 0.05) is 23.0 Å². The van der Waals surface area contributed by atoms with Crippen LogP contribution in [0, 0.1) is 0 Å². The summed E-state index contributed by atoms with van der Waals surface area (Å²) in [6.07, 6.45) is 2.82. The van der Waals surface area contributed by atoms with Crippen LogP contribution < -0.4 is 5.32 Å². The van der Waals surface area contributed by atoms with Crippen LogP contribution in [0.15, 0.2) is 66.9 Å². The van der Waals surface area contributed by atoms with E-state index >= 15 is 0 Å². The number of hydrogen-bond donors (Lipinski definition) is 1. The van der Waals surface area contributed by atoms with E-state index < -0.39 is 5.97 Å². The molecular weight excluding hydrogens is 352 g/mol. The number of rotatable bonds is 6. The van der Waals surface area contributed by atoms with Crippen molar-refractivity contribution in [3.05, 3.63) is 83.6 Å². The second-order valence-corrected chi connectivity index (χ2v) is 6.24. The molecule has 0 bridgehead atoms. The summed E-state index contributed by atoms with van der Waals surface area (Å²) in [6.45, 7) is 4.14. The number of anilines is 1. The number of aromatic nitrogens is 1. The quantitative estimate of drug-likeness (QED) is 0.633. The highest BCUT2D eigenvalue weighted by atomic mass is 16.5. The Labute approximate surface area is 164 Å². The first-order valence-corrected chi connectivity index (χ1v) is 9.24. The number of benzene rings is 2. The van der Waals surface area contributed by atoms with Gasteiger partial charge in [-0.15, -0.1) is 0 Å². The SMILES string of the molecule is CCOC(=O)c1cccc(NC(=O)c2ccc(-c3ccc(CC)cn3)cc2)c1. The van der Waals surface area contributed by atoms with Crippen molar-refractivity contribution in [1.82, 2.24) is 4.98 Å². The minimum atomic E-state index is -0.412. The summed E-state index contributed by atoms with van der Waals surface area (Å²) in [5, 5.41) is 2.81. The normalized spacial score (nSPS) is 10.4. The molecule has 3 aromatic rings. The molecule has 5 heteroatoms. The number of hydrogen-bond acceptors (Lipinski definition) is 4. The number of carbonyl (C=O) groups excluding carboxylic acids is 2. The van der Waals surface area contributed by atoms with Gasteiger partial charge in [-0.05, 0) is 55.3 Å². The molecule has 1 amide bonds. The average Bonchev–Trinajstić information content (AvgIpc) is 2.74. The van der Waals surface area contributed by atoms with Gasteiger partial charge in [-0.2, -0.15) is 0 Å². The van der Waals surface area contributed by atoms with Gasteiger partial charge in [-0.25, -0.2) is 4.79 Å². The Bertz CT molecular complexity index is 964. The van der Waals surface area contributed by atoms with Crippen LogP contribution in [0.3, 0.4) is 0 Å². The Morgan fingerprint density at radius 2 is 1.75 bits per heavy atom. The molecule has 0 aliphatic rings. The Morgan fingerprint density at radius 3 is 2.39 bits per heavy atom. The van der Waals surface area contributed by atoms with Crippen molar-refractivity contribution in [3.63, 3.8) is 0 Å². The second-order valence-electron chi connectivity index (χ2n) is 6.24. The predicted molar refractivity (Wildman–Crippen MR) is 109 cm³/mol. The molecule has 1 aromatic heterocycles. The highest BCUT2D eigenvalue weighted by Crippen LogP contribution is 2.19. The largest absolute Gasteiger partial charge is 0.462 e. The molecule has 0 saturated heterocycles. The molecule has 0 atom stereocenters. The summed E-state index contributed by atoms with van der Waals surface area (Å²) in [4.78, 5) is 28.8. The maximum atomic E-state index is 12.5. The van der Waals surface area contributed by atoms with Crippen LogP contribution >= 0.6 is 0 Å². The summed E-state index contributed by atoms with van der Waals surface area (Å²) in [6, 6.07) is 18.0. The second kappa shape index (κ2) is 8.95. The van der Waals surface area contributed by atoms with Gasteiger partial charge in [0.2, 0.25) is 0 Å². The first-order chi connectivity index (χ1) is 13.6. The fraction of sp³-hybridized carbons (Fsp3) is 0.174. The van der Waals surface area contributed by atoms with Crippen molar-refractivity contribution in [1.29, 1.82) is 0 Å². The van der Waals surface area contributed by atoms with Gasteiger partial charge in [0.15, 0.2) is 0 Å². The summed E-state index contributed by atoms with van der Waals surface area (Å²) in [5.41, 5.74) is 4.46. The molecule has 28 heavy (non-hydrogen) atoms. The maximum absolute atomic E-state index is 12.5. The molecule has 0 radical (unpaired) electrons. The summed E-state index contributed by atoms with van der Waals surface area (Å²) < 4.78 is 4.98. The number of nitrogens with one attached hydrogen (secondary N) is 1. The third-order valence-corrected chi connectivity index (χ3v) is 4.31. The lowest BCUT2D eigenvalue weighted by molar-refractivity contribution is 0.0526. The van der Waals surface area contributed by atoms with E-state index in [1.165, 1.54) is 5.56 Å². The summed E-state index contributed by atoms with van der Waals surface area (Å²) in [5.74, 6) is -0.661. The first-order valence-electron chi connectivity index (χ1n) is 9.24. The molecule has 0 saturated carbocycles. The molecule has 1 N–H and O–H groups in total. The minimum Gasteiger partial charge on any atom is -0.462 e. The topological polar surface area (TPSA) is 68.3 Å². The van der Waals surface area contributed by atoms with Gasteiger partial charge in [0.25, 0.3) is 5.91 Å². The molecule has 3 rings (SSSR count). The van der Waals surface area contributed by atoms with Gasteiger partial charge in [0.05, 0.1) is 17.9 Å². The van der Waals surface area contributed by atoms with Crippen molar-refractivity contribution < 1.29 is 14.3 Å². The van der Waals surface area contributed by atoms with E-state index in [1.54, 1.807) is 43.3 Å². The van der Waals surface area contributed by atoms with Crippen molar-refractivity contribution in [2.45, 2.75) is 20.3 Å². The molecular formula is C23H22N2O3. The van der Waals surface area contributed by atoms with Crippen LogP contribution in [0.1, 0.15) is 40.1 Å². The van der Waals surface area contributed by atoms with Crippen molar-refractivity contribution >= 4 is 17.6 Å². The standard InChI is InChI=1S/C23H22N2O3/c1-3-16-8-13-21(24-15-16)17-9-11-18(12-10-17)22(26)25-20-7-5-6-19(14-20)23(27)28-4-2/h5-15H,3-4H2,1-2H3,(H,25,26). The summed E-state index contributed by atoms with van der Waals surface area (Å²) in [7, 11) is 0. The molecule has 0 fully saturated rings. The molecule has 2 aromatic carbocycles. The number of esters is 1. The number of nitrogens with zero attached hydrogens (tertiary/aromatic N) is 1. The van der Waals surface area contributed by atoms with Crippen LogP contribution in [0.4, 0.5) is 5.69 Å². The number of carbonyl (C=O) groups is 2. The number of pyridine rings is 1. The first kappa shape index (κ1) is 19.3. The Hall–Kier alpha value is -3.47. The zero-order chi connectivity index (χ0) is 19.9. The van der Waals surface area contributed by atoms with Gasteiger partial charge < -0.3 is 10.1 Å². The molecule has 0 spiro atoms. The lowest BCUT2D eigenvalue weighted by Crippen LogP contribution is -2.12. The molecule has 1 heterocycles.